The zero-order chi connectivity index (χ0) is 10.8. The van der Waals surface area contributed by atoms with Crippen molar-refractivity contribution in [2.75, 3.05) is 0 Å². The summed E-state index contributed by atoms with van der Waals surface area (Å²) in [6.07, 6.45) is 0. The molecule has 3 N–H and O–H groups in total. The predicted octanol–water partition coefficient (Wildman–Crippen LogP) is 2.09. The van der Waals surface area contributed by atoms with E-state index in [0.717, 1.165) is 16.8 Å². The summed E-state index contributed by atoms with van der Waals surface area (Å²) in [5, 5.41) is 0. The van der Waals surface area contributed by atoms with Crippen LogP contribution >= 0.6 is 0 Å². The molecule has 0 radical (unpaired) electrons. The molecule has 0 saturated carbocycles. The molecule has 2 rings (SSSR count). The number of nitrogens with two attached hydrogens (primary N) is 1. The lowest BCUT2D eigenvalue weighted by molar-refractivity contribution is 0.0996. The Balaban J connectivity index is 2.50. The maximum absolute atomic E-state index is 11.0. The molecular formula is C12H12N2O. The zero-order valence-electron chi connectivity index (χ0n) is 8.45. The van der Waals surface area contributed by atoms with Crippen LogP contribution in [0.15, 0.2) is 36.4 Å². The fourth-order valence-corrected chi connectivity index (χ4v) is 1.61. The van der Waals surface area contributed by atoms with E-state index in [9.17, 15) is 4.79 Å². The first-order chi connectivity index (χ1) is 7.18. The largest absolute Gasteiger partial charge is 0.364 e. The number of amides is 1. The van der Waals surface area contributed by atoms with Crippen molar-refractivity contribution < 1.29 is 4.79 Å². The lowest BCUT2D eigenvalue weighted by atomic mass is 10.1. The van der Waals surface area contributed by atoms with E-state index >= 15 is 0 Å². The zero-order valence-corrected chi connectivity index (χ0v) is 8.45. The van der Waals surface area contributed by atoms with Gasteiger partial charge in [0, 0.05) is 11.3 Å². The Hall–Kier alpha value is -2.03. The van der Waals surface area contributed by atoms with Crippen LogP contribution in [0.1, 0.15) is 16.2 Å². The third kappa shape index (κ3) is 1.76. The summed E-state index contributed by atoms with van der Waals surface area (Å²) in [6, 6.07) is 11.7. The third-order valence-electron chi connectivity index (χ3n) is 2.37. The van der Waals surface area contributed by atoms with E-state index in [4.69, 9.17) is 5.73 Å². The number of rotatable bonds is 2. The van der Waals surface area contributed by atoms with Gasteiger partial charge >= 0.3 is 0 Å². The van der Waals surface area contributed by atoms with Crippen LogP contribution in [-0.2, 0) is 0 Å². The van der Waals surface area contributed by atoms with Crippen molar-refractivity contribution in [2.45, 2.75) is 6.92 Å². The Bertz CT molecular complexity index is 486. The highest BCUT2D eigenvalue weighted by Crippen LogP contribution is 2.23. The molecule has 0 unspecified atom stereocenters. The molecule has 0 bridgehead atoms. The molecule has 3 nitrogen and oxygen atoms in total. The maximum atomic E-state index is 11.0. The first kappa shape index (κ1) is 9.52. The molecular weight excluding hydrogens is 188 g/mol. The van der Waals surface area contributed by atoms with Gasteiger partial charge in [0.2, 0.25) is 0 Å². The summed E-state index contributed by atoms with van der Waals surface area (Å²) in [5.41, 5.74) is 8.71. The second kappa shape index (κ2) is 3.61. The fourth-order valence-electron chi connectivity index (χ4n) is 1.61. The summed E-state index contributed by atoms with van der Waals surface area (Å²) in [5.74, 6) is -0.430. The van der Waals surface area contributed by atoms with Gasteiger partial charge in [-0.15, -0.1) is 0 Å². The van der Waals surface area contributed by atoms with Gasteiger partial charge in [-0.2, -0.15) is 0 Å². The Morgan fingerprint density at radius 2 is 1.93 bits per heavy atom. The van der Waals surface area contributed by atoms with E-state index in [2.05, 4.69) is 4.98 Å². The molecule has 0 aliphatic carbocycles. The summed E-state index contributed by atoms with van der Waals surface area (Å²) < 4.78 is 0. The first-order valence-electron chi connectivity index (χ1n) is 4.73. The van der Waals surface area contributed by atoms with Gasteiger partial charge in [0.15, 0.2) is 0 Å². The van der Waals surface area contributed by atoms with Crippen molar-refractivity contribution in [1.29, 1.82) is 0 Å². The number of carbonyl (C=O) groups is 1. The number of hydrogen-bond donors (Lipinski definition) is 2. The number of hydrogen-bond acceptors (Lipinski definition) is 1. The average molecular weight is 200 g/mol. The Morgan fingerprint density at radius 3 is 2.47 bits per heavy atom. The van der Waals surface area contributed by atoms with Gasteiger partial charge in [0.25, 0.3) is 5.91 Å². The van der Waals surface area contributed by atoms with E-state index in [1.807, 2.05) is 37.3 Å². The maximum Gasteiger partial charge on any atom is 0.265 e. The smallest absolute Gasteiger partial charge is 0.265 e. The number of benzene rings is 1. The highest BCUT2D eigenvalue weighted by Gasteiger charge is 2.09. The highest BCUT2D eigenvalue weighted by atomic mass is 16.1. The minimum Gasteiger partial charge on any atom is -0.364 e. The van der Waals surface area contributed by atoms with E-state index in [1.54, 1.807) is 6.07 Å². The van der Waals surface area contributed by atoms with Crippen LogP contribution in [0.25, 0.3) is 11.1 Å². The highest BCUT2D eigenvalue weighted by molar-refractivity contribution is 5.93. The molecule has 0 aliphatic heterocycles. The summed E-state index contributed by atoms with van der Waals surface area (Å²) in [6.45, 7) is 1.93. The Morgan fingerprint density at radius 1 is 1.27 bits per heavy atom. The van der Waals surface area contributed by atoms with Crippen molar-refractivity contribution in [1.82, 2.24) is 4.98 Å². The van der Waals surface area contributed by atoms with Crippen LogP contribution in [0.4, 0.5) is 0 Å². The molecule has 3 heteroatoms. The number of aromatic nitrogens is 1. The Kier molecular flexibility index (Phi) is 2.29. The number of H-pyrrole nitrogens is 1. The molecule has 0 fully saturated rings. The normalized spacial score (nSPS) is 10.2. The number of aromatic amines is 1. The monoisotopic (exact) mass is 200 g/mol. The standard InChI is InChI=1S/C12H12N2O/c1-8-10(7-11(14-8)12(13)15)9-5-3-2-4-6-9/h2-7,14H,1H3,(H2,13,15). The van der Waals surface area contributed by atoms with Crippen LogP contribution in [0.3, 0.4) is 0 Å². The van der Waals surface area contributed by atoms with Crippen molar-refractivity contribution >= 4 is 5.91 Å². The van der Waals surface area contributed by atoms with Crippen LogP contribution in [0, 0.1) is 6.92 Å². The van der Waals surface area contributed by atoms with Crippen molar-refractivity contribution in [3.8, 4) is 11.1 Å². The van der Waals surface area contributed by atoms with Gasteiger partial charge in [0.1, 0.15) is 5.69 Å². The Labute approximate surface area is 87.9 Å². The van der Waals surface area contributed by atoms with Crippen molar-refractivity contribution in [2.24, 2.45) is 5.73 Å². The van der Waals surface area contributed by atoms with Crippen LogP contribution in [-0.4, -0.2) is 10.9 Å². The second-order valence-electron chi connectivity index (χ2n) is 3.45. The molecule has 1 heterocycles. The van der Waals surface area contributed by atoms with Crippen LogP contribution in [0.2, 0.25) is 0 Å². The van der Waals surface area contributed by atoms with Gasteiger partial charge in [0.05, 0.1) is 0 Å². The summed E-state index contributed by atoms with van der Waals surface area (Å²) in [4.78, 5) is 14.0. The number of primary amides is 1. The molecule has 1 amide bonds. The summed E-state index contributed by atoms with van der Waals surface area (Å²) >= 11 is 0. The molecule has 0 aliphatic rings. The minimum atomic E-state index is -0.430. The minimum absolute atomic E-state index is 0.430. The number of aryl methyl sites for hydroxylation is 1. The predicted molar refractivity (Wildman–Crippen MR) is 59.5 cm³/mol. The molecule has 0 spiro atoms. The second-order valence-corrected chi connectivity index (χ2v) is 3.45. The van der Waals surface area contributed by atoms with Crippen LogP contribution < -0.4 is 5.73 Å². The van der Waals surface area contributed by atoms with Gasteiger partial charge in [-0.1, -0.05) is 30.3 Å². The number of nitrogens with one attached hydrogen (secondary N) is 1. The quantitative estimate of drug-likeness (QED) is 0.766. The molecule has 15 heavy (non-hydrogen) atoms. The molecule has 2 aromatic rings. The third-order valence-corrected chi connectivity index (χ3v) is 2.37. The van der Waals surface area contributed by atoms with Crippen molar-refractivity contribution in [3.05, 3.63) is 47.8 Å². The molecule has 76 valence electrons. The van der Waals surface area contributed by atoms with Gasteiger partial charge in [-0.25, -0.2) is 0 Å². The topological polar surface area (TPSA) is 58.9 Å². The van der Waals surface area contributed by atoms with E-state index in [1.165, 1.54) is 0 Å². The molecule has 1 aromatic heterocycles. The molecule has 0 saturated heterocycles. The number of carbonyl (C=O) groups excluding carboxylic acids is 1. The van der Waals surface area contributed by atoms with Crippen molar-refractivity contribution in [3.63, 3.8) is 0 Å². The van der Waals surface area contributed by atoms with Gasteiger partial charge in [-0.3, -0.25) is 4.79 Å². The van der Waals surface area contributed by atoms with E-state index < -0.39 is 5.91 Å². The lowest BCUT2D eigenvalue weighted by Crippen LogP contribution is -2.10. The van der Waals surface area contributed by atoms with E-state index in [0.29, 0.717) is 5.69 Å². The molecule has 1 aromatic carbocycles. The average Bonchev–Trinajstić information content (AvgIpc) is 2.62. The summed E-state index contributed by atoms with van der Waals surface area (Å²) in [7, 11) is 0. The first-order valence-corrected chi connectivity index (χ1v) is 4.73. The fraction of sp³-hybridized carbons (Fsp3) is 0.0833. The molecule has 0 atom stereocenters. The van der Waals surface area contributed by atoms with E-state index in [-0.39, 0.29) is 0 Å². The SMILES string of the molecule is Cc1[nH]c(C(N)=O)cc1-c1ccccc1. The van der Waals surface area contributed by atoms with Crippen LogP contribution in [0.5, 0.6) is 0 Å². The van der Waals surface area contributed by atoms with Gasteiger partial charge in [-0.05, 0) is 18.6 Å². The van der Waals surface area contributed by atoms with Gasteiger partial charge < -0.3 is 10.7 Å². The lowest BCUT2D eigenvalue weighted by Gasteiger charge is -1.97.